The summed E-state index contributed by atoms with van der Waals surface area (Å²) in [7, 11) is 5.35. The summed E-state index contributed by atoms with van der Waals surface area (Å²) in [6, 6.07) is -0.894. The highest BCUT2D eigenvalue weighted by Gasteiger charge is 2.26. The van der Waals surface area contributed by atoms with Gasteiger partial charge in [-0.15, -0.1) is 0 Å². The predicted molar refractivity (Wildman–Crippen MR) is 149 cm³/mol. The summed E-state index contributed by atoms with van der Waals surface area (Å²) in [6.45, 7) is 9.22. The molecule has 2 atom stereocenters. The second-order valence-electron chi connectivity index (χ2n) is 9.82. The highest BCUT2D eigenvalue weighted by molar-refractivity contribution is 6.08. The van der Waals surface area contributed by atoms with E-state index in [2.05, 4.69) is 19.2 Å². The van der Waals surface area contributed by atoms with Crippen molar-refractivity contribution in [3.05, 3.63) is 0 Å². The van der Waals surface area contributed by atoms with E-state index >= 15 is 0 Å². The molecule has 0 rings (SSSR count). The van der Waals surface area contributed by atoms with Crippen LogP contribution in [-0.2, 0) is 23.9 Å². The fraction of sp³-hybridized carbons (Fsp3) is 0.846. The molecule has 0 heterocycles. The zero-order valence-electron chi connectivity index (χ0n) is 24.0. The highest BCUT2D eigenvalue weighted by Crippen LogP contribution is 2.11. The second-order valence-corrected chi connectivity index (χ2v) is 9.82. The summed E-state index contributed by atoms with van der Waals surface area (Å²) in [5.41, 5.74) is 0. The third-order valence-electron chi connectivity index (χ3n) is 6.50. The van der Waals surface area contributed by atoms with Crippen LogP contribution in [0.15, 0.2) is 0 Å². The first-order valence-corrected chi connectivity index (χ1v) is 13.9. The zero-order valence-corrected chi connectivity index (χ0v) is 24.0. The lowest BCUT2D eigenvalue weighted by molar-refractivity contribution is -0.144. The molecule has 1 amide bonds. The van der Waals surface area contributed by atoms with Crippen molar-refractivity contribution in [2.75, 3.05) is 72.1 Å². The van der Waals surface area contributed by atoms with Crippen molar-refractivity contribution in [2.24, 2.45) is 5.92 Å². The molecule has 0 bridgehead atoms. The largest absolute Gasteiger partial charge is 0.480 e. The van der Waals surface area contributed by atoms with Crippen molar-refractivity contribution in [1.29, 1.82) is 0 Å². The van der Waals surface area contributed by atoms with Crippen molar-refractivity contribution < 1.29 is 39.2 Å². The standard InChI is InChI=1S/C26H49BN4O8/c1-4-11-31(22(26(37)38)6-7-23(32)28-10-18-39-17-9-27)16-15-30(20-25(35)36)14-13-29(19-24(33)34)12-8-21(3)5-2/h21-22H,4-20H2,1-3H3,(H,28,32)(H,33,34)(H,35,36)(H,37,38). The first-order chi connectivity index (χ1) is 18.5. The number of carbonyl (C=O) groups excluding carboxylic acids is 1. The fourth-order valence-corrected chi connectivity index (χ4v) is 4.06. The molecule has 0 spiro atoms. The van der Waals surface area contributed by atoms with E-state index in [9.17, 15) is 34.5 Å². The fourth-order valence-electron chi connectivity index (χ4n) is 4.06. The van der Waals surface area contributed by atoms with Gasteiger partial charge in [-0.1, -0.05) is 33.5 Å². The topological polar surface area (TPSA) is 160 Å². The molecule has 39 heavy (non-hydrogen) atoms. The van der Waals surface area contributed by atoms with Gasteiger partial charge in [-0.05, 0) is 38.3 Å². The molecule has 0 aliphatic rings. The molecule has 0 fully saturated rings. The Morgan fingerprint density at radius 1 is 0.846 bits per heavy atom. The van der Waals surface area contributed by atoms with Crippen LogP contribution >= 0.6 is 0 Å². The minimum absolute atomic E-state index is 0.0350. The summed E-state index contributed by atoms with van der Waals surface area (Å²) in [5, 5.41) is 31.3. The number of hydrogen-bond acceptors (Lipinski definition) is 8. The maximum absolute atomic E-state index is 12.2. The second kappa shape index (κ2) is 22.6. The van der Waals surface area contributed by atoms with Crippen molar-refractivity contribution in [3.8, 4) is 0 Å². The van der Waals surface area contributed by atoms with Gasteiger partial charge in [0.15, 0.2) is 0 Å². The monoisotopic (exact) mass is 556 g/mol. The van der Waals surface area contributed by atoms with Crippen molar-refractivity contribution in [3.63, 3.8) is 0 Å². The molecule has 0 aliphatic heterocycles. The van der Waals surface area contributed by atoms with Crippen LogP contribution in [0.3, 0.4) is 0 Å². The van der Waals surface area contributed by atoms with Crippen molar-refractivity contribution in [1.82, 2.24) is 20.0 Å². The first kappa shape index (κ1) is 36.8. The molecule has 2 radical (unpaired) electrons. The van der Waals surface area contributed by atoms with Crippen LogP contribution in [0.25, 0.3) is 0 Å². The Morgan fingerprint density at radius 3 is 1.95 bits per heavy atom. The minimum Gasteiger partial charge on any atom is -0.480 e. The van der Waals surface area contributed by atoms with E-state index in [-0.39, 0.29) is 31.8 Å². The number of nitrogens with zero attached hydrogens (tertiary/aromatic N) is 3. The lowest BCUT2D eigenvalue weighted by Gasteiger charge is -2.32. The van der Waals surface area contributed by atoms with E-state index in [1.165, 1.54) is 0 Å². The molecule has 0 aromatic carbocycles. The van der Waals surface area contributed by atoms with Gasteiger partial charge in [-0.25, -0.2) is 0 Å². The summed E-state index contributed by atoms with van der Waals surface area (Å²) in [4.78, 5) is 52.4. The minimum atomic E-state index is -1.04. The van der Waals surface area contributed by atoms with E-state index < -0.39 is 23.9 Å². The summed E-state index contributed by atoms with van der Waals surface area (Å²) < 4.78 is 5.21. The Kier molecular flexibility index (Phi) is 21.3. The van der Waals surface area contributed by atoms with Crippen LogP contribution < -0.4 is 5.32 Å². The molecular formula is C26H49BN4O8. The van der Waals surface area contributed by atoms with Crippen LogP contribution in [0.4, 0.5) is 0 Å². The van der Waals surface area contributed by atoms with Crippen LogP contribution in [0, 0.1) is 5.92 Å². The van der Waals surface area contributed by atoms with Crippen LogP contribution in [0.1, 0.15) is 52.9 Å². The van der Waals surface area contributed by atoms with Gasteiger partial charge in [0.1, 0.15) is 6.04 Å². The third-order valence-corrected chi connectivity index (χ3v) is 6.50. The lowest BCUT2D eigenvalue weighted by Crippen LogP contribution is -2.48. The average Bonchev–Trinajstić information content (AvgIpc) is 2.87. The third kappa shape index (κ3) is 19.5. The van der Waals surface area contributed by atoms with Crippen LogP contribution in [0.5, 0.6) is 0 Å². The Bertz CT molecular complexity index is 715. The Labute approximate surface area is 234 Å². The van der Waals surface area contributed by atoms with Gasteiger partial charge in [0.05, 0.1) is 27.5 Å². The van der Waals surface area contributed by atoms with E-state index in [4.69, 9.17) is 12.6 Å². The number of rotatable bonds is 26. The zero-order chi connectivity index (χ0) is 29.6. The summed E-state index contributed by atoms with van der Waals surface area (Å²) in [5.74, 6) is -2.79. The summed E-state index contributed by atoms with van der Waals surface area (Å²) >= 11 is 0. The first-order valence-electron chi connectivity index (χ1n) is 13.9. The molecule has 0 aliphatic carbocycles. The lowest BCUT2D eigenvalue weighted by atomic mass is 10.1. The number of hydrogen-bond donors (Lipinski definition) is 4. The molecular weight excluding hydrogens is 507 g/mol. The molecule has 2 unspecified atom stereocenters. The van der Waals surface area contributed by atoms with Crippen molar-refractivity contribution in [2.45, 2.75) is 65.2 Å². The number of carboxylic acid groups (broad SMARTS) is 3. The number of carboxylic acids is 3. The SMILES string of the molecule is [B]CCOCCNC(=O)CCC(C(=O)O)N(CCC)CCN(CCN(CCC(C)CC)CC(=O)O)CC(=O)O. The normalized spacial score (nSPS) is 13.1. The molecule has 0 aromatic rings. The van der Waals surface area contributed by atoms with E-state index in [1.807, 2.05) is 11.8 Å². The average molecular weight is 557 g/mol. The molecule has 0 aromatic heterocycles. The molecule has 4 N–H and O–H groups in total. The number of nitrogens with one attached hydrogen (secondary N) is 1. The molecule has 13 heteroatoms. The maximum atomic E-state index is 12.2. The van der Waals surface area contributed by atoms with E-state index in [0.717, 1.165) is 12.8 Å². The van der Waals surface area contributed by atoms with Gasteiger partial charge in [-0.3, -0.25) is 33.9 Å². The van der Waals surface area contributed by atoms with Gasteiger partial charge >= 0.3 is 17.9 Å². The number of ether oxygens (including phenoxy) is 1. The summed E-state index contributed by atoms with van der Waals surface area (Å²) in [6.07, 6.45) is 3.08. The van der Waals surface area contributed by atoms with Crippen LogP contribution in [-0.4, -0.2) is 140 Å². The Balaban J connectivity index is 5.12. The van der Waals surface area contributed by atoms with Crippen LogP contribution in [0.2, 0.25) is 6.32 Å². The molecule has 0 saturated heterocycles. The molecule has 12 nitrogen and oxygen atoms in total. The van der Waals surface area contributed by atoms with E-state index in [0.29, 0.717) is 77.7 Å². The van der Waals surface area contributed by atoms with Gasteiger partial charge in [0, 0.05) is 45.8 Å². The molecule has 0 saturated carbocycles. The van der Waals surface area contributed by atoms with Gasteiger partial charge in [-0.2, -0.15) is 0 Å². The Morgan fingerprint density at radius 2 is 1.44 bits per heavy atom. The van der Waals surface area contributed by atoms with Gasteiger partial charge in [0.25, 0.3) is 0 Å². The van der Waals surface area contributed by atoms with Gasteiger partial charge < -0.3 is 25.4 Å². The molecule has 224 valence electrons. The highest BCUT2D eigenvalue weighted by atomic mass is 16.5. The smallest absolute Gasteiger partial charge is 0.320 e. The quantitative estimate of drug-likeness (QED) is 0.0884. The number of aliphatic carboxylic acids is 3. The predicted octanol–water partition coefficient (Wildman–Crippen LogP) is 0.861. The van der Waals surface area contributed by atoms with E-state index in [1.54, 1.807) is 9.80 Å². The number of carbonyl (C=O) groups is 4. The Hall–Kier alpha value is -2.22. The number of amides is 1. The van der Waals surface area contributed by atoms with Crippen molar-refractivity contribution >= 4 is 31.7 Å². The maximum Gasteiger partial charge on any atom is 0.320 e. The van der Waals surface area contributed by atoms with Gasteiger partial charge in [0.2, 0.25) is 5.91 Å².